The monoisotopic (exact) mass is 455 g/mol. The largest absolute Gasteiger partial charge is 0.387 e. The molecule has 3 N–H and O–H groups in total. The predicted molar refractivity (Wildman–Crippen MR) is 107 cm³/mol. The fraction of sp³-hybridized carbons (Fsp3) is 0.533. The lowest BCUT2D eigenvalue weighted by molar-refractivity contribution is 0.181. The average molecular weight is 456 g/mol. The van der Waals surface area contributed by atoms with E-state index in [4.69, 9.17) is 11.6 Å². The fourth-order valence-electron chi connectivity index (χ4n) is 2.26. The summed E-state index contributed by atoms with van der Waals surface area (Å²) in [4.78, 5) is 4.18. The SMILES string of the molecule is CN=C(NCC1CCCS1)NCC(O)c1cccc(Cl)c1.I. The van der Waals surface area contributed by atoms with Crippen molar-refractivity contribution < 1.29 is 5.11 Å². The number of halogens is 2. The summed E-state index contributed by atoms with van der Waals surface area (Å²) in [6.45, 7) is 1.31. The van der Waals surface area contributed by atoms with Crippen LogP contribution in [0.2, 0.25) is 5.02 Å². The van der Waals surface area contributed by atoms with Crippen LogP contribution in [0.1, 0.15) is 24.5 Å². The highest BCUT2D eigenvalue weighted by atomic mass is 127. The van der Waals surface area contributed by atoms with Gasteiger partial charge < -0.3 is 15.7 Å². The molecular weight excluding hydrogens is 433 g/mol. The van der Waals surface area contributed by atoms with Gasteiger partial charge in [-0.25, -0.2) is 0 Å². The highest BCUT2D eigenvalue weighted by Gasteiger charge is 2.16. The van der Waals surface area contributed by atoms with Gasteiger partial charge in [-0.1, -0.05) is 23.7 Å². The maximum Gasteiger partial charge on any atom is 0.191 e. The van der Waals surface area contributed by atoms with Crippen molar-refractivity contribution in [3.05, 3.63) is 34.9 Å². The molecule has 124 valence electrons. The van der Waals surface area contributed by atoms with E-state index in [1.807, 2.05) is 23.9 Å². The first-order valence-electron chi connectivity index (χ1n) is 7.18. The number of rotatable bonds is 5. The van der Waals surface area contributed by atoms with E-state index in [-0.39, 0.29) is 24.0 Å². The summed E-state index contributed by atoms with van der Waals surface area (Å²) in [6.07, 6.45) is 1.96. The van der Waals surface area contributed by atoms with Crippen molar-refractivity contribution in [3.63, 3.8) is 0 Å². The summed E-state index contributed by atoms with van der Waals surface area (Å²) in [5.74, 6) is 1.98. The first-order valence-corrected chi connectivity index (χ1v) is 8.61. The Hall–Kier alpha value is -0.180. The molecule has 0 radical (unpaired) electrons. The standard InChI is InChI=1S/C15H22ClN3OS.HI/c1-17-15(18-9-13-6-3-7-21-13)19-10-14(20)11-4-2-5-12(16)8-11;/h2,4-5,8,13-14,20H,3,6-7,9-10H2,1H3,(H2,17,18,19);1H. The van der Waals surface area contributed by atoms with Crippen molar-refractivity contribution in [2.24, 2.45) is 4.99 Å². The van der Waals surface area contributed by atoms with E-state index in [9.17, 15) is 5.11 Å². The predicted octanol–water partition coefficient (Wildman–Crippen LogP) is 3.05. The molecule has 1 aromatic rings. The van der Waals surface area contributed by atoms with Crippen LogP contribution in [0.4, 0.5) is 0 Å². The van der Waals surface area contributed by atoms with Crippen LogP contribution in [0.15, 0.2) is 29.3 Å². The zero-order valence-electron chi connectivity index (χ0n) is 12.6. The molecule has 22 heavy (non-hydrogen) atoms. The van der Waals surface area contributed by atoms with E-state index in [0.717, 1.165) is 18.1 Å². The van der Waals surface area contributed by atoms with Gasteiger partial charge in [0.05, 0.1) is 6.10 Å². The Morgan fingerprint density at radius 2 is 2.32 bits per heavy atom. The number of thioether (sulfide) groups is 1. The van der Waals surface area contributed by atoms with Crippen LogP contribution in [0.3, 0.4) is 0 Å². The average Bonchev–Trinajstić information content (AvgIpc) is 3.00. The topological polar surface area (TPSA) is 56.7 Å². The molecule has 2 atom stereocenters. The van der Waals surface area contributed by atoms with Crippen molar-refractivity contribution in [2.45, 2.75) is 24.2 Å². The van der Waals surface area contributed by atoms with Gasteiger partial charge >= 0.3 is 0 Å². The van der Waals surface area contributed by atoms with Gasteiger partial charge in [-0.05, 0) is 36.3 Å². The second-order valence-electron chi connectivity index (χ2n) is 5.04. The van der Waals surface area contributed by atoms with Crippen LogP contribution < -0.4 is 10.6 Å². The fourth-order valence-corrected chi connectivity index (χ4v) is 3.66. The van der Waals surface area contributed by atoms with Gasteiger partial charge in [0.25, 0.3) is 0 Å². The second-order valence-corrected chi connectivity index (χ2v) is 6.88. The first-order chi connectivity index (χ1) is 10.2. The highest BCUT2D eigenvalue weighted by molar-refractivity contribution is 14.0. The maximum absolute atomic E-state index is 10.2. The Kier molecular flexibility index (Phi) is 9.54. The second kappa shape index (κ2) is 10.6. The maximum atomic E-state index is 10.2. The van der Waals surface area contributed by atoms with E-state index < -0.39 is 6.10 Å². The lowest BCUT2D eigenvalue weighted by atomic mass is 10.1. The van der Waals surface area contributed by atoms with Crippen LogP contribution in [0.5, 0.6) is 0 Å². The third-order valence-electron chi connectivity index (χ3n) is 3.44. The molecule has 0 aromatic heterocycles. The molecule has 0 spiro atoms. The third kappa shape index (κ3) is 6.52. The van der Waals surface area contributed by atoms with Gasteiger partial charge in [0, 0.05) is 30.4 Å². The zero-order chi connectivity index (χ0) is 15.1. The van der Waals surface area contributed by atoms with Crippen LogP contribution in [0.25, 0.3) is 0 Å². The van der Waals surface area contributed by atoms with Gasteiger partial charge in [-0.3, -0.25) is 4.99 Å². The van der Waals surface area contributed by atoms with Crippen LogP contribution in [0, 0.1) is 0 Å². The lowest BCUT2D eigenvalue weighted by Crippen LogP contribution is -2.41. The van der Waals surface area contributed by atoms with Crippen molar-refractivity contribution in [2.75, 3.05) is 25.9 Å². The number of aliphatic hydroxyl groups is 1. The molecule has 0 saturated carbocycles. The summed E-state index contributed by atoms with van der Waals surface area (Å²) in [7, 11) is 1.74. The number of aliphatic hydroxyl groups excluding tert-OH is 1. The quantitative estimate of drug-likeness (QED) is 0.363. The van der Waals surface area contributed by atoms with Gasteiger partial charge in [0.15, 0.2) is 5.96 Å². The summed E-state index contributed by atoms with van der Waals surface area (Å²) in [5, 5.41) is 17.9. The number of nitrogens with one attached hydrogen (secondary N) is 2. The molecule has 1 saturated heterocycles. The van der Waals surface area contributed by atoms with E-state index in [1.165, 1.54) is 18.6 Å². The van der Waals surface area contributed by atoms with Crippen molar-refractivity contribution in [1.29, 1.82) is 0 Å². The Bertz CT molecular complexity index is 484. The number of hydrogen-bond donors (Lipinski definition) is 3. The summed E-state index contributed by atoms with van der Waals surface area (Å²) >= 11 is 7.94. The molecule has 7 heteroatoms. The molecule has 1 aliphatic rings. The van der Waals surface area contributed by atoms with Crippen LogP contribution in [-0.2, 0) is 0 Å². The number of benzene rings is 1. The number of guanidine groups is 1. The van der Waals surface area contributed by atoms with Gasteiger partial charge in [-0.2, -0.15) is 11.8 Å². The molecule has 1 aromatic carbocycles. The molecule has 1 aliphatic heterocycles. The van der Waals surface area contributed by atoms with Gasteiger partial charge in [0.2, 0.25) is 0 Å². The van der Waals surface area contributed by atoms with Gasteiger partial charge in [-0.15, -0.1) is 24.0 Å². The minimum atomic E-state index is -0.608. The van der Waals surface area contributed by atoms with E-state index in [2.05, 4.69) is 15.6 Å². The summed E-state index contributed by atoms with van der Waals surface area (Å²) in [5.41, 5.74) is 0.803. The Morgan fingerprint density at radius 3 is 2.95 bits per heavy atom. The van der Waals surface area contributed by atoms with E-state index in [1.54, 1.807) is 19.2 Å². The first kappa shape index (κ1) is 19.9. The van der Waals surface area contributed by atoms with Crippen LogP contribution in [-0.4, -0.2) is 42.2 Å². The molecule has 2 unspecified atom stereocenters. The third-order valence-corrected chi connectivity index (χ3v) is 5.07. The lowest BCUT2D eigenvalue weighted by Gasteiger charge is -2.17. The number of hydrogen-bond acceptors (Lipinski definition) is 3. The van der Waals surface area contributed by atoms with Crippen molar-refractivity contribution >= 4 is 53.3 Å². The minimum Gasteiger partial charge on any atom is -0.387 e. The van der Waals surface area contributed by atoms with E-state index >= 15 is 0 Å². The molecular formula is C15H23ClIN3OS. The zero-order valence-corrected chi connectivity index (χ0v) is 16.5. The Morgan fingerprint density at radius 1 is 1.50 bits per heavy atom. The van der Waals surface area contributed by atoms with Crippen LogP contribution >= 0.6 is 47.3 Å². The molecule has 0 amide bonds. The molecule has 0 bridgehead atoms. The molecule has 4 nitrogen and oxygen atoms in total. The summed E-state index contributed by atoms with van der Waals surface area (Å²) < 4.78 is 0. The van der Waals surface area contributed by atoms with E-state index in [0.29, 0.717) is 16.8 Å². The Labute approximate surface area is 158 Å². The normalized spacial score (nSPS) is 19.4. The molecule has 1 heterocycles. The minimum absolute atomic E-state index is 0. The number of nitrogens with zero attached hydrogens (tertiary/aromatic N) is 1. The Balaban J connectivity index is 0.00000242. The van der Waals surface area contributed by atoms with Gasteiger partial charge in [0.1, 0.15) is 0 Å². The van der Waals surface area contributed by atoms with Crippen molar-refractivity contribution in [1.82, 2.24) is 10.6 Å². The van der Waals surface area contributed by atoms with Crippen molar-refractivity contribution in [3.8, 4) is 0 Å². The smallest absolute Gasteiger partial charge is 0.191 e. The molecule has 0 aliphatic carbocycles. The number of aliphatic imine (C=N–C) groups is 1. The molecule has 2 rings (SSSR count). The highest BCUT2D eigenvalue weighted by Crippen LogP contribution is 2.25. The molecule has 1 fully saturated rings. The summed E-state index contributed by atoms with van der Waals surface area (Å²) in [6, 6.07) is 7.28.